The normalized spacial score (nSPS) is 10.2. The quantitative estimate of drug-likeness (QED) is 0.873. The van der Waals surface area contributed by atoms with Crippen molar-refractivity contribution in [3.63, 3.8) is 0 Å². The van der Waals surface area contributed by atoms with E-state index < -0.39 is 5.91 Å². The molecule has 2 aromatic rings. The number of anilines is 1. The summed E-state index contributed by atoms with van der Waals surface area (Å²) in [4.78, 5) is 22.9. The standard InChI is InChI=1S/C11H10N2O3S/c1-6-7(2-4-16-6)10(15)13-11-8(9(12)14)3-5-17-11/h2-5H,1H3,(H2,12,14)(H,13,15). The fraction of sp³-hybridized carbons (Fsp3) is 0.0909. The zero-order chi connectivity index (χ0) is 12.4. The minimum Gasteiger partial charge on any atom is -0.469 e. The molecule has 0 atom stereocenters. The summed E-state index contributed by atoms with van der Waals surface area (Å²) in [7, 11) is 0. The topological polar surface area (TPSA) is 85.3 Å². The largest absolute Gasteiger partial charge is 0.469 e. The lowest BCUT2D eigenvalue weighted by atomic mass is 10.2. The average molecular weight is 250 g/mol. The molecule has 6 heteroatoms. The van der Waals surface area contributed by atoms with Crippen LogP contribution in [0.1, 0.15) is 26.5 Å². The number of nitrogens with two attached hydrogens (primary N) is 1. The van der Waals surface area contributed by atoms with Crippen molar-refractivity contribution in [2.75, 3.05) is 5.32 Å². The molecule has 3 N–H and O–H groups in total. The number of carbonyl (C=O) groups is 2. The van der Waals surface area contributed by atoms with Crippen LogP contribution in [-0.2, 0) is 0 Å². The molecule has 0 radical (unpaired) electrons. The van der Waals surface area contributed by atoms with Crippen molar-refractivity contribution in [2.24, 2.45) is 5.73 Å². The maximum Gasteiger partial charge on any atom is 0.259 e. The molecule has 2 heterocycles. The van der Waals surface area contributed by atoms with Crippen molar-refractivity contribution < 1.29 is 14.0 Å². The first-order chi connectivity index (χ1) is 8.09. The second-order valence-electron chi connectivity index (χ2n) is 3.37. The summed E-state index contributed by atoms with van der Waals surface area (Å²) < 4.78 is 5.03. The number of furan rings is 1. The van der Waals surface area contributed by atoms with Gasteiger partial charge in [-0.25, -0.2) is 0 Å². The molecule has 88 valence electrons. The van der Waals surface area contributed by atoms with E-state index in [1.54, 1.807) is 24.4 Å². The molecule has 0 aliphatic carbocycles. The van der Waals surface area contributed by atoms with Gasteiger partial charge in [0.1, 0.15) is 10.8 Å². The summed E-state index contributed by atoms with van der Waals surface area (Å²) in [6, 6.07) is 3.15. The van der Waals surface area contributed by atoms with Crippen LogP contribution in [0.4, 0.5) is 5.00 Å². The molecule has 0 aliphatic rings. The third kappa shape index (κ3) is 2.21. The van der Waals surface area contributed by atoms with E-state index >= 15 is 0 Å². The maximum atomic E-state index is 11.9. The van der Waals surface area contributed by atoms with Gasteiger partial charge >= 0.3 is 0 Å². The molecule has 0 bridgehead atoms. The van der Waals surface area contributed by atoms with E-state index in [2.05, 4.69) is 5.32 Å². The zero-order valence-electron chi connectivity index (χ0n) is 9.02. The SMILES string of the molecule is Cc1occc1C(=O)Nc1sccc1C(N)=O. The first-order valence-corrected chi connectivity index (χ1v) is 5.70. The Hall–Kier alpha value is -2.08. The summed E-state index contributed by atoms with van der Waals surface area (Å²) in [5, 5.41) is 4.77. The van der Waals surface area contributed by atoms with E-state index in [4.69, 9.17) is 10.2 Å². The number of nitrogens with one attached hydrogen (secondary N) is 1. The minimum absolute atomic E-state index is 0.310. The van der Waals surface area contributed by atoms with Crippen LogP contribution < -0.4 is 11.1 Å². The predicted octanol–water partition coefficient (Wildman–Crippen LogP) is 2.00. The molecule has 5 nitrogen and oxygen atoms in total. The minimum atomic E-state index is -0.564. The first-order valence-electron chi connectivity index (χ1n) is 4.82. The number of carbonyl (C=O) groups excluding carboxylic acids is 2. The molecular formula is C11H10N2O3S. The Bertz CT molecular complexity index is 571. The summed E-state index contributed by atoms with van der Waals surface area (Å²) >= 11 is 1.25. The first kappa shape index (κ1) is 11.4. The lowest BCUT2D eigenvalue weighted by Crippen LogP contribution is -2.16. The van der Waals surface area contributed by atoms with Gasteiger partial charge in [0.25, 0.3) is 11.8 Å². The number of amides is 2. The van der Waals surface area contributed by atoms with E-state index in [9.17, 15) is 9.59 Å². The molecule has 17 heavy (non-hydrogen) atoms. The van der Waals surface area contributed by atoms with Gasteiger partial charge in [-0.05, 0) is 24.4 Å². The lowest BCUT2D eigenvalue weighted by Gasteiger charge is -2.03. The van der Waals surface area contributed by atoms with E-state index in [1.807, 2.05) is 0 Å². The van der Waals surface area contributed by atoms with Crippen LogP contribution in [0.25, 0.3) is 0 Å². The van der Waals surface area contributed by atoms with Crippen molar-refractivity contribution >= 4 is 28.2 Å². The molecule has 0 saturated carbocycles. The molecule has 0 aliphatic heterocycles. The number of hydrogen-bond acceptors (Lipinski definition) is 4. The monoisotopic (exact) mass is 250 g/mol. The van der Waals surface area contributed by atoms with Gasteiger partial charge in [0.2, 0.25) is 0 Å². The summed E-state index contributed by atoms with van der Waals surface area (Å²) in [6.07, 6.45) is 1.44. The molecule has 2 aromatic heterocycles. The van der Waals surface area contributed by atoms with Gasteiger partial charge in [0.15, 0.2) is 0 Å². The van der Waals surface area contributed by atoms with Gasteiger partial charge in [-0.15, -0.1) is 11.3 Å². The van der Waals surface area contributed by atoms with Crippen molar-refractivity contribution in [1.29, 1.82) is 0 Å². The van der Waals surface area contributed by atoms with Crippen LogP contribution >= 0.6 is 11.3 Å². The molecule has 2 rings (SSSR count). The van der Waals surface area contributed by atoms with Gasteiger partial charge in [-0.1, -0.05) is 0 Å². The molecule has 0 fully saturated rings. The predicted molar refractivity (Wildman–Crippen MR) is 64.2 cm³/mol. The fourth-order valence-electron chi connectivity index (χ4n) is 1.39. The van der Waals surface area contributed by atoms with Crippen molar-refractivity contribution in [1.82, 2.24) is 0 Å². The summed E-state index contributed by atoms with van der Waals surface area (Å²) in [5.74, 6) is -0.355. The van der Waals surface area contributed by atoms with Gasteiger partial charge in [0.05, 0.1) is 17.4 Å². The summed E-state index contributed by atoms with van der Waals surface area (Å²) in [6.45, 7) is 1.69. The van der Waals surface area contributed by atoms with Crippen molar-refractivity contribution in [3.8, 4) is 0 Å². The van der Waals surface area contributed by atoms with Gasteiger partial charge in [0, 0.05) is 0 Å². The molecule has 2 amide bonds. The maximum absolute atomic E-state index is 11.9. The highest BCUT2D eigenvalue weighted by Crippen LogP contribution is 2.23. The van der Waals surface area contributed by atoms with Gasteiger partial charge in [-0.3, -0.25) is 9.59 Å². The fourth-order valence-corrected chi connectivity index (χ4v) is 2.18. The van der Waals surface area contributed by atoms with Gasteiger partial charge in [-0.2, -0.15) is 0 Å². The number of primary amides is 1. The Morgan fingerprint density at radius 1 is 1.35 bits per heavy atom. The van der Waals surface area contributed by atoms with E-state index in [0.717, 1.165) is 0 Å². The second kappa shape index (κ2) is 4.42. The van der Waals surface area contributed by atoms with Crippen LogP contribution in [-0.4, -0.2) is 11.8 Å². The van der Waals surface area contributed by atoms with E-state index in [-0.39, 0.29) is 5.91 Å². The number of aryl methyl sites for hydroxylation is 1. The molecule has 0 spiro atoms. The highest BCUT2D eigenvalue weighted by atomic mass is 32.1. The Labute approximate surface area is 101 Å². The smallest absolute Gasteiger partial charge is 0.259 e. The zero-order valence-corrected chi connectivity index (χ0v) is 9.84. The third-order valence-corrected chi connectivity index (χ3v) is 3.09. The number of thiophene rings is 1. The van der Waals surface area contributed by atoms with Crippen molar-refractivity contribution in [2.45, 2.75) is 6.92 Å². The van der Waals surface area contributed by atoms with Crippen LogP contribution in [0.2, 0.25) is 0 Å². The highest BCUT2D eigenvalue weighted by Gasteiger charge is 2.16. The van der Waals surface area contributed by atoms with Crippen LogP contribution in [0.5, 0.6) is 0 Å². The Morgan fingerprint density at radius 3 is 2.71 bits per heavy atom. The number of hydrogen-bond donors (Lipinski definition) is 2. The average Bonchev–Trinajstić information content (AvgIpc) is 2.86. The molecule has 0 unspecified atom stereocenters. The van der Waals surface area contributed by atoms with Crippen LogP contribution in [0, 0.1) is 6.92 Å². The highest BCUT2D eigenvalue weighted by molar-refractivity contribution is 7.14. The Balaban J connectivity index is 2.22. The van der Waals surface area contributed by atoms with E-state index in [0.29, 0.717) is 21.9 Å². The summed E-state index contributed by atoms with van der Waals surface area (Å²) in [5.41, 5.74) is 5.93. The molecule has 0 saturated heterocycles. The van der Waals surface area contributed by atoms with E-state index in [1.165, 1.54) is 17.6 Å². The van der Waals surface area contributed by atoms with Gasteiger partial charge < -0.3 is 15.5 Å². The van der Waals surface area contributed by atoms with Crippen LogP contribution in [0.3, 0.4) is 0 Å². The van der Waals surface area contributed by atoms with Crippen LogP contribution in [0.15, 0.2) is 28.2 Å². The molecular weight excluding hydrogens is 240 g/mol. The third-order valence-electron chi connectivity index (χ3n) is 2.26. The van der Waals surface area contributed by atoms with Crippen molar-refractivity contribution in [3.05, 3.63) is 40.7 Å². The second-order valence-corrected chi connectivity index (χ2v) is 4.29. The Morgan fingerprint density at radius 2 is 2.12 bits per heavy atom. The lowest BCUT2D eigenvalue weighted by molar-refractivity contribution is 0.100. The Kier molecular flexibility index (Phi) is 2.97. The molecule has 0 aromatic carbocycles. The number of rotatable bonds is 3.